The SMILES string of the molecule is CCCCC(CC)COc1cc(/C=C/B2OC(C)(C)C(C)(C)O2)c(OCC(CC)CCCC)cc1Br. The zero-order valence-electron chi connectivity index (χ0n) is 24.1. The third-order valence-corrected chi connectivity index (χ3v) is 8.42. The van der Waals surface area contributed by atoms with Gasteiger partial charge in [0.05, 0.1) is 28.9 Å². The number of halogens is 1. The molecule has 1 saturated heterocycles. The normalized spacial score (nSPS) is 18.5. The van der Waals surface area contributed by atoms with Crippen molar-refractivity contribution < 1.29 is 18.8 Å². The van der Waals surface area contributed by atoms with Crippen LogP contribution < -0.4 is 9.47 Å². The highest BCUT2D eigenvalue weighted by Crippen LogP contribution is 2.38. The summed E-state index contributed by atoms with van der Waals surface area (Å²) in [6, 6.07) is 4.14. The second-order valence-corrected chi connectivity index (χ2v) is 12.1. The van der Waals surface area contributed by atoms with Crippen LogP contribution in [0.3, 0.4) is 0 Å². The average Bonchev–Trinajstić information content (AvgIpc) is 3.05. The topological polar surface area (TPSA) is 36.9 Å². The first-order valence-corrected chi connectivity index (χ1v) is 15.0. The second-order valence-electron chi connectivity index (χ2n) is 11.3. The van der Waals surface area contributed by atoms with E-state index in [1.165, 1.54) is 38.5 Å². The molecule has 0 aromatic heterocycles. The Morgan fingerprint density at radius 1 is 0.833 bits per heavy atom. The van der Waals surface area contributed by atoms with Crippen molar-refractivity contribution in [1.82, 2.24) is 0 Å². The number of benzene rings is 1. The van der Waals surface area contributed by atoms with Crippen LogP contribution in [-0.4, -0.2) is 31.5 Å². The monoisotopic (exact) mass is 564 g/mol. The van der Waals surface area contributed by atoms with Gasteiger partial charge in [-0.05, 0) is 80.4 Å². The van der Waals surface area contributed by atoms with Crippen molar-refractivity contribution in [2.75, 3.05) is 13.2 Å². The largest absolute Gasteiger partial charge is 0.493 e. The van der Waals surface area contributed by atoms with E-state index in [9.17, 15) is 0 Å². The second kappa shape index (κ2) is 14.8. The molecule has 1 heterocycles. The summed E-state index contributed by atoms with van der Waals surface area (Å²) < 4.78 is 26.0. The summed E-state index contributed by atoms with van der Waals surface area (Å²) in [4.78, 5) is 0. The third kappa shape index (κ3) is 9.10. The molecule has 1 aliphatic heterocycles. The number of ether oxygens (including phenoxy) is 2. The predicted octanol–water partition coefficient (Wildman–Crippen LogP) is 9.28. The Morgan fingerprint density at radius 2 is 1.33 bits per heavy atom. The van der Waals surface area contributed by atoms with Crippen LogP contribution in [0.25, 0.3) is 6.08 Å². The van der Waals surface area contributed by atoms with Gasteiger partial charge in [-0.15, -0.1) is 0 Å². The molecule has 0 N–H and O–H groups in total. The van der Waals surface area contributed by atoms with E-state index in [1.807, 2.05) is 5.98 Å². The van der Waals surface area contributed by atoms with Gasteiger partial charge in [-0.3, -0.25) is 0 Å². The van der Waals surface area contributed by atoms with E-state index in [-0.39, 0.29) is 11.2 Å². The fraction of sp³-hybridized carbons (Fsp3) is 0.733. The first-order valence-electron chi connectivity index (χ1n) is 14.2. The standard InChI is InChI=1S/C30H50BBrO4/c1-9-13-15-23(11-3)21-33-27-20-26(32)28(34-22-24(12-4)16-14-10-2)19-25(27)17-18-31-35-29(5,6)30(7,8)36-31/h17-20,23-24H,9-16,21-22H2,1-8H3/b18-17+. The Labute approximate surface area is 230 Å². The number of hydrogen-bond donors (Lipinski definition) is 0. The van der Waals surface area contributed by atoms with E-state index in [2.05, 4.69) is 89.5 Å². The summed E-state index contributed by atoms with van der Waals surface area (Å²) >= 11 is 3.74. The first-order chi connectivity index (χ1) is 17.1. The molecule has 4 nitrogen and oxygen atoms in total. The van der Waals surface area contributed by atoms with Crippen molar-refractivity contribution in [2.45, 2.75) is 118 Å². The highest BCUT2D eigenvalue weighted by Gasteiger charge is 2.50. The van der Waals surface area contributed by atoms with Crippen molar-refractivity contribution in [3.63, 3.8) is 0 Å². The number of unbranched alkanes of at least 4 members (excludes halogenated alkanes) is 2. The third-order valence-electron chi connectivity index (χ3n) is 7.80. The minimum atomic E-state index is -0.401. The lowest BCUT2D eigenvalue weighted by Gasteiger charge is -2.32. The summed E-state index contributed by atoms with van der Waals surface area (Å²) in [5.41, 5.74) is 0.252. The van der Waals surface area contributed by atoms with E-state index in [1.54, 1.807) is 0 Å². The molecule has 0 bridgehead atoms. The molecular formula is C30H50BBrO4. The number of hydrogen-bond acceptors (Lipinski definition) is 4. The zero-order chi connectivity index (χ0) is 26.8. The van der Waals surface area contributed by atoms with Gasteiger partial charge in [0.15, 0.2) is 0 Å². The minimum Gasteiger partial charge on any atom is -0.493 e. The summed E-state index contributed by atoms with van der Waals surface area (Å²) in [7, 11) is -0.401. The Balaban J connectivity index is 2.25. The van der Waals surface area contributed by atoms with Gasteiger partial charge in [0.25, 0.3) is 0 Å². The molecule has 204 valence electrons. The summed E-state index contributed by atoms with van der Waals surface area (Å²) in [6.45, 7) is 18.7. The number of rotatable bonds is 16. The maximum atomic E-state index is 6.40. The quantitative estimate of drug-likeness (QED) is 0.187. The predicted molar refractivity (Wildman–Crippen MR) is 157 cm³/mol. The molecule has 0 amide bonds. The van der Waals surface area contributed by atoms with E-state index < -0.39 is 7.12 Å². The highest BCUT2D eigenvalue weighted by atomic mass is 79.9. The molecule has 1 fully saturated rings. The average molecular weight is 565 g/mol. The molecule has 0 saturated carbocycles. The van der Waals surface area contributed by atoms with Gasteiger partial charge in [-0.1, -0.05) is 78.3 Å². The Bertz CT molecular complexity index is 807. The highest BCUT2D eigenvalue weighted by molar-refractivity contribution is 9.10. The molecule has 36 heavy (non-hydrogen) atoms. The van der Waals surface area contributed by atoms with E-state index in [0.29, 0.717) is 11.8 Å². The Hall–Kier alpha value is -0.975. The van der Waals surface area contributed by atoms with Gasteiger partial charge in [-0.2, -0.15) is 0 Å². The van der Waals surface area contributed by atoms with Gasteiger partial charge >= 0.3 is 7.12 Å². The van der Waals surface area contributed by atoms with Gasteiger partial charge in [-0.25, -0.2) is 0 Å². The van der Waals surface area contributed by atoms with Gasteiger partial charge in [0.1, 0.15) is 11.5 Å². The van der Waals surface area contributed by atoms with Crippen LogP contribution in [0.15, 0.2) is 22.6 Å². The zero-order valence-corrected chi connectivity index (χ0v) is 25.7. The maximum Gasteiger partial charge on any atom is 0.487 e. The van der Waals surface area contributed by atoms with Gasteiger partial charge < -0.3 is 18.8 Å². The van der Waals surface area contributed by atoms with Crippen LogP contribution in [0.2, 0.25) is 0 Å². The van der Waals surface area contributed by atoms with E-state index >= 15 is 0 Å². The van der Waals surface area contributed by atoms with Crippen molar-refractivity contribution in [1.29, 1.82) is 0 Å². The van der Waals surface area contributed by atoms with Crippen molar-refractivity contribution in [3.05, 3.63) is 28.1 Å². The molecule has 1 aromatic rings. The van der Waals surface area contributed by atoms with Crippen LogP contribution in [0.5, 0.6) is 11.5 Å². The molecule has 0 spiro atoms. The van der Waals surface area contributed by atoms with Crippen molar-refractivity contribution >= 4 is 29.1 Å². The summed E-state index contributed by atoms with van der Waals surface area (Å²) in [6.07, 6.45) is 11.6. The van der Waals surface area contributed by atoms with Crippen molar-refractivity contribution in [2.24, 2.45) is 11.8 Å². The molecule has 1 aliphatic rings. The summed E-state index contributed by atoms with van der Waals surface area (Å²) in [5.74, 6) is 4.82. The van der Waals surface area contributed by atoms with Crippen LogP contribution >= 0.6 is 15.9 Å². The smallest absolute Gasteiger partial charge is 0.487 e. The van der Waals surface area contributed by atoms with Gasteiger partial charge in [0.2, 0.25) is 0 Å². The lowest BCUT2D eigenvalue weighted by Crippen LogP contribution is -2.41. The van der Waals surface area contributed by atoms with Crippen LogP contribution in [0.1, 0.15) is 112 Å². The lowest BCUT2D eigenvalue weighted by molar-refractivity contribution is 0.00578. The fourth-order valence-corrected chi connectivity index (χ4v) is 4.71. The van der Waals surface area contributed by atoms with Gasteiger partial charge in [0, 0.05) is 5.56 Å². The molecule has 2 atom stereocenters. The first kappa shape index (κ1) is 31.2. The molecular weight excluding hydrogens is 515 g/mol. The minimum absolute atomic E-state index is 0.364. The Morgan fingerprint density at radius 3 is 1.81 bits per heavy atom. The fourth-order valence-electron chi connectivity index (χ4n) is 4.28. The van der Waals surface area contributed by atoms with Crippen LogP contribution in [0, 0.1) is 11.8 Å². The van der Waals surface area contributed by atoms with Crippen LogP contribution in [0.4, 0.5) is 0 Å². The molecule has 2 rings (SSSR count). The molecule has 2 unspecified atom stereocenters. The van der Waals surface area contributed by atoms with Crippen LogP contribution in [-0.2, 0) is 9.31 Å². The van der Waals surface area contributed by atoms with Crippen molar-refractivity contribution in [3.8, 4) is 11.5 Å². The molecule has 0 radical (unpaired) electrons. The lowest BCUT2D eigenvalue weighted by atomic mass is 9.89. The maximum absolute atomic E-state index is 6.40. The summed E-state index contributed by atoms with van der Waals surface area (Å²) in [5, 5.41) is 0. The molecule has 1 aromatic carbocycles. The van der Waals surface area contributed by atoms with E-state index in [4.69, 9.17) is 18.8 Å². The molecule has 0 aliphatic carbocycles. The van der Waals surface area contributed by atoms with E-state index in [0.717, 1.165) is 47.6 Å². The Kier molecular flexibility index (Phi) is 12.9. The molecule has 6 heteroatoms.